The van der Waals surface area contributed by atoms with Gasteiger partial charge in [0.1, 0.15) is 0 Å². The summed E-state index contributed by atoms with van der Waals surface area (Å²) in [7, 11) is 3.63. The lowest BCUT2D eigenvalue weighted by Crippen LogP contribution is -2.36. The molecule has 3 N–H and O–H groups in total. The second kappa shape index (κ2) is 7.37. The van der Waals surface area contributed by atoms with Crippen LogP contribution in [0.4, 0.5) is 17.8 Å². The number of ether oxygens (including phenoxy) is 1. The van der Waals surface area contributed by atoms with Gasteiger partial charge in [0.2, 0.25) is 17.8 Å². The van der Waals surface area contributed by atoms with Gasteiger partial charge >= 0.3 is 0 Å². The highest BCUT2D eigenvalue weighted by molar-refractivity contribution is 5.45. The molecule has 8 nitrogen and oxygen atoms in total. The van der Waals surface area contributed by atoms with Gasteiger partial charge in [-0.2, -0.15) is 15.0 Å². The Kier molecular flexibility index (Phi) is 5.51. The van der Waals surface area contributed by atoms with Crippen molar-refractivity contribution >= 4 is 17.8 Å². The van der Waals surface area contributed by atoms with E-state index in [1.807, 2.05) is 11.9 Å². The number of nitrogens with two attached hydrogens (primary N) is 1. The molecule has 0 bridgehead atoms. The Hall–Kier alpha value is -1.67. The first kappa shape index (κ1) is 15.7. The molecular formula is C13H25N7O. The van der Waals surface area contributed by atoms with E-state index >= 15 is 0 Å². The quantitative estimate of drug-likeness (QED) is 0.583. The van der Waals surface area contributed by atoms with Gasteiger partial charge in [0, 0.05) is 27.2 Å². The average molecular weight is 295 g/mol. The number of nitrogens with one attached hydrogen (secondary N) is 1. The van der Waals surface area contributed by atoms with E-state index in [-0.39, 0.29) is 6.04 Å². The van der Waals surface area contributed by atoms with Crippen LogP contribution in [0.15, 0.2) is 0 Å². The summed E-state index contributed by atoms with van der Waals surface area (Å²) >= 11 is 0. The fourth-order valence-corrected chi connectivity index (χ4v) is 2.36. The van der Waals surface area contributed by atoms with Crippen LogP contribution in [0.25, 0.3) is 0 Å². The van der Waals surface area contributed by atoms with Crippen molar-refractivity contribution < 1.29 is 4.74 Å². The average Bonchev–Trinajstić information content (AvgIpc) is 2.54. The fourth-order valence-electron chi connectivity index (χ4n) is 2.36. The van der Waals surface area contributed by atoms with Gasteiger partial charge in [-0.05, 0) is 26.2 Å². The highest BCUT2D eigenvalue weighted by atomic mass is 16.5. The second-order valence-corrected chi connectivity index (χ2v) is 5.37. The Morgan fingerprint density at radius 2 is 2.00 bits per heavy atom. The number of nitrogen functional groups attached to an aromatic ring is 1. The number of nitrogens with zero attached hydrogens (tertiary/aromatic N) is 5. The Balaban J connectivity index is 2.24. The van der Waals surface area contributed by atoms with Crippen molar-refractivity contribution in [1.82, 2.24) is 15.0 Å². The molecule has 1 fully saturated rings. The van der Waals surface area contributed by atoms with E-state index in [1.54, 1.807) is 7.11 Å². The number of anilines is 3. The summed E-state index contributed by atoms with van der Waals surface area (Å²) in [6.45, 7) is 4.62. The van der Waals surface area contributed by atoms with Crippen LogP contribution in [-0.2, 0) is 4.74 Å². The topological polar surface area (TPSA) is 92.4 Å². The Morgan fingerprint density at radius 3 is 2.62 bits per heavy atom. The molecule has 0 aromatic carbocycles. The number of likely N-dealkylation sites (N-methyl/N-ethyl adjacent to an activating group) is 1. The molecule has 2 rings (SSSR count). The summed E-state index contributed by atoms with van der Waals surface area (Å²) < 4.78 is 5.19. The van der Waals surface area contributed by atoms with Crippen LogP contribution >= 0.6 is 0 Å². The van der Waals surface area contributed by atoms with Gasteiger partial charge in [-0.1, -0.05) is 0 Å². The maximum atomic E-state index is 5.49. The van der Waals surface area contributed by atoms with E-state index < -0.39 is 0 Å². The highest BCUT2D eigenvalue weighted by Crippen LogP contribution is 2.20. The Labute approximate surface area is 125 Å². The van der Waals surface area contributed by atoms with E-state index in [2.05, 4.69) is 32.2 Å². The number of hydrazine groups is 1. The van der Waals surface area contributed by atoms with Gasteiger partial charge in [0.05, 0.1) is 12.6 Å². The molecule has 0 radical (unpaired) electrons. The minimum atomic E-state index is 0.164. The summed E-state index contributed by atoms with van der Waals surface area (Å²) in [5.41, 5.74) is 2.53. The predicted molar refractivity (Wildman–Crippen MR) is 83.4 cm³/mol. The minimum Gasteiger partial charge on any atom is -0.383 e. The third-order valence-electron chi connectivity index (χ3n) is 3.76. The zero-order valence-electron chi connectivity index (χ0n) is 13.0. The van der Waals surface area contributed by atoms with Gasteiger partial charge in [-0.3, -0.25) is 5.43 Å². The van der Waals surface area contributed by atoms with Crippen LogP contribution in [0, 0.1) is 0 Å². The molecule has 1 atom stereocenters. The number of aromatic nitrogens is 3. The van der Waals surface area contributed by atoms with Gasteiger partial charge in [-0.25, -0.2) is 5.84 Å². The maximum absolute atomic E-state index is 5.49. The van der Waals surface area contributed by atoms with Crippen LogP contribution in [0.5, 0.6) is 0 Å². The number of hydrogen-bond acceptors (Lipinski definition) is 8. The van der Waals surface area contributed by atoms with Gasteiger partial charge in [0.15, 0.2) is 0 Å². The molecule has 8 heteroatoms. The van der Waals surface area contributed by atoms with Crippen molar-refractivity contribution in [2.24, 2.45) is 5.84 Å². The van der Waals surface area contributed by atoms with Crippen LogP contribution in [-0.4, -0.2) is 54.8 Å². The van der Waals surface area contributed by atoms with Gasteiger partial charge in [-0.15, -0.1) is 0 Å². The van der Waals surface area contributed by atoms with Crippen LogP contribution in [0.1, 0.15) is 26.2 Å². The van der Waals surface area contributed by atoms with Gasteiger partial charge in [0.25, 0.3) is 0 Å². The molecule has 1 aromatic heterocycles. The lowest BCUT2D eigenvalue weighted by atomic mass is 10.1. The summed E-state index contributed by atoms with van der Waals surface area (Å²) in [5, 5.41) is 0. The highest BCUT2D eigenvalue weighted by Gasteiger charge is 2.19. The first-order valence-corrected chi connectivity index (χ1v) is 7.35. The van der Waals surface area contributed by atoms with Crippen molar-refractivity contribution in [3.8, 4) is 0 Å². The van der Waals surface area contributed by atoms with E-state index in [1.165, 1.54) is 19.3 Å². The summed E-state index contributed by atoms with van der Waals surface area (Å²) in [6.07, 6.45) is 3.60. The molecule has 1 saturated heterocycles. The monoisotopic (exact) mass is 295 g/mol. The normalized spacial score (nSPS) is 16.7. The minimum absolute atomic E-state index is 0.164. The first-order valence-electron chi connectivity index (χ1n) is 7.35. The molecule has 2 heterocycles. The Bertz CT molecular complexity index is 450. The zero-order chi connectivity index (χ0) is 15.2. The van der Waals surface area contributed by atoms with E-state index in [9.17, 15) is 0 Å². The summed E-state index contributed by atoms with van der Waals surface area (Å²) in [5.74, 6) is 7.16. The predicted octanol–water partition coefficient (Wildman–Crippen LogP) is 0.619. The fraction of sp³-hybridized carbons (Fsp3) is 0.769. The lowest BCUT2D eigenvalue weighted by molar-refractivity contribution is 0.183. The van der Waals surface area contributed by atoms with Crippen LogP contribution in [0.2, 0.25) is 0 Å². The molecule has 1 aromatic rings. The number of methoxy groups -OCH3 is 1. The molecule has 0 spiro atoms. The van der Waals surface area contributed by atoms with E-state index in [0.717, 1.165) is 13.1 Å². The molecule has 118 valence electrons. The van der Waals surface area contributed by atoms with Crippen molar-refractivity contribution in [3.05, 3.63) is 0 Å². The molecule has 1 aliphatic heterocycles. The van der Waals surface area contributed by atoms with Crippen LogP contribution < -0.4 is 21.1 Å². The summed E-state index contributed by atoms with van der Waals surface area (Å²) in [6, 6.07) is 0.164. The number of rotatable bonds is 6. The van der Waals surface area contributed by atoms with E-state index in [0.29, 0.717) is 24.5 Å². The van der Waals surface area contributed by atoms with Crippen molar-refractivity contribution in [2.75, 3.05) is 49.1 Å². The summed E-state index contributed by atoms with van der Waals surface area (Å²) in [4.78, 5) is 17.5. The van der Waals surface area contributed by atoms with Gasteiger partial charge < -0.3 is 14.5 Å². The van der Waals surface area contributed by atoms with Crippen molar-refractivity contribution in [1.29, 1.82) is 0 Å². The lowest BCUT2D eigenvalue weighted by Gasteiger charge is -2.29. The van der Waals surface area contributed by atoms with E-state index in [4.69, 9.17) is 10.6 Å². The SMILES string of the molecule is COCC(C)N(C)c1nc(NN)nc(N2CCCCC2)n1. The molecule has 1 aliphatic rings. The largest absolute Gasteiger partial charge is 0.383 e. The molecule has 1 unspecified atom stereocenters. The third kappa shape index (κ3) is 3.92. The number of hydrogen-bond donors (Lipinski definition) is 2. The van der Waals surface area contributed by atoms with Crippen LogP contribution in [0.3, 0.4) is 0 Å². The standard InChI is InChI=1S/C13H25N7O/c1-10(9-21-3)19(2)12-15-11(18-14)16-13(17-12)20-7-5-4-6-8-20/h10H,4-9,14H2,1-3H3,(H,15,16,17,18). The Morgan fingerprint density at radius 1 is 1.29 bits per heavy atom. The second-order valence-electron chi connectivity index (χ2n) is 5.37. The first-order chi connectivity index (χ1) is 10.2. The number of piperidine rings is 1. The third-order valence-corrected chi connectivity index (χ3v) is 3.76. The molecule has 0 aliphatic carbocycles. The van der Waals surface area contributed by atoms with Crippen molar-refractivity contribution in [3.63, 3.8) is 0 Å². The molecular weight excluding hydrogens is 270 g/mol. The maximum Gasteiger partial charge on any atom is 0.243 e. The van der Waals surface area contributed by atoms with Crippen molar-refractivity contribution in [2.45, 2.75) is 32.2 Å². The molecule has 0 saturated carbocycles. The molecule has 0 amide bonds. The zero-order valence-corrected chi connectivity index (χ0v) is 13.0. The smallest absolute Gasteiger partial charge is 0.243 e. The molecule has 21 heavy (non-hydrogen) atoms.